The van der Waals surface area contributed by atoms with Crippen LogP contribution in [-0.2, 0) is 11.2 Å². The molecule has 2 fully saturated rings. The highest BCUT2D eigenvalue weighted by molar-refractivity contribution is 5.86. The standard InChI is InChI=1S/C17H21NO/c19-16(15-11-17(15)5-7-18-8-6-17)10-13-9-12-3-1-2-4-14(12)13/h1-4,13,15,18H,5-11H2. The van der Waals surface area contributed by atoms with Crippen LogP contribution >= 0.6 is 0 Å². The van der Waals surface area contributed by atoms with Crippen molar-refractivity contribution in [2.24, 2.45) is 11.3 Å². The number of fused-ring (bicyclic) bond motifs is 1. The summed E-state index contributed by atoms with van der Waals surface area (Å²) in [5.41, 5.74) is 3.29. The quantitative estimate of drug-likeness (QED) is 0.899. The number of hydrogen-bond acceptors (Lipinski definition) is 2. The molecule has 4 rings (SSSR count). The lowest BCUT2D eigenvalue weighted by Gasteiger charge is -2.30. The van der Waals surface area contributed by atoms with Crippen LogP contribution in [0.1, 0.15) is 42.7 Å². The van der Waals surface area contributed by atoms with Gasteiger partial charge in [-0.05, 0) is 61.2 Å². The molecule has 2 heteroatoms. The van der Waals surface area contributed by atoms with E-state index in [1.54, 1.807) is 0 Å². The Morgan fingerprint density at radius 3 is 2.84 bits per heavy atom. The molecule has 1 aliphatic heterocycles. The van der Waals surface area contributed by atoms with Crippen molar-refractivity contribution in [2.75, 3.05) is 13.1 Å². The first kappa shape index (κ1) is 11.7. The molecule has 2 atom stereocenters. The first-order valence-corrected chi connectivity index (χ1v) is 7.60. The van der Waals surface area contributed by atoms with E-state index in [0.29, 0.717) is 23.0 Å². The van der Waals surface area contributed by atoms with Gasteiger partial charge in [0.25, 0.3) is 0 Å². The highest BCUT2D eigenvalue weighted by Gasteiger charge is 2.57. The van der Waals surface area contributed by atoms with Crippen LogP contribution in [0.3, 0.4) is 0 Å². The van der Waals surface area contributed by atoms with Crippen molar-refractivity contribution in [1.29, 1.82) is 0 Å². The average Bonchev–Trinajstić information content (AvgIpc) is 3.10. The van der Waals surface area contributed by atoms with E-state index < -0.39 is 0 Å². The van der Waals surface area contributed by atoms with E-state index >= 15 is 0 Å². The van der Waals surface area contributed by atoms with Crippen LogP contribution in [0.4, 0.5) is 0 Å². The van der Waals surface area contributed by atoms with Crippen molar-refractivity contribution in [3.8, 4) is 0 Å². The van der Waals surface area contributed by atoms with Gasteiger partial charge in [0.2, 0.25) is 0 Å². The Kier molecular flexibility index (Phi) is 2.56. The molecule has 1 saturated carbocycles. The van der Waals surface area contributed by atoms with Gasteiger partial charge in [-0.15, -0.1) is 0 Å². The third kappa shape index (κ3) is 1.85. The van der Waals surface area contributed by atoms with Crippen LogP contribution in [0, 0.1) is 11.3 Å². The molecular weight excluding hydrogens is 234 g/mol. The maximum Gasteiger partial charge on any atom is 0.137 e. The molecule has 2 aliphatic carbocycles. The highest BCUT2D eigenvalue weighted by atomic mass is 16.1. The van der Waals surface area contributed by atoms with Crippen LogP contribution in [0.2, 0.25) is 0 Å². The average molecular weight is 255 g/mol. The highest BCUT2D eigenvalue weighted by Crippen LogP contribution is 2.59. The summed E-state index contributed by atoms with van der Waals surface area (Å²) >= 11 is 0. The van der Waals surface area contributed by atoms with Crippen LogP contribution in [0.25, 0.3) is 0 Å². The van der Waals surface area contributed by atoms with Gasteiger partial charge in [-0.3, -0.25) is 4.79 Å². The largest absolute Gasteiger partial charge is 0.317 e. The molecule has 100 valence electrons. The van der Waals surface area contributed by atoms with Gasteiger partial charge in [-0.1, -0.05) is 24.3 Å². The second-order valence-electron chi connectivity index (χ2n) is 6.64. The number of benzene rings is 1. The Morgan fingerprint density at radius 1 is 1.26 bits per heavy atom. The number of ketones is 1. The number of Topliss-reactive ketones (excluding diaryl/α,β-unsaturated/α-hetero) is 1. The van der Waals surface area contributed by atoms with Crippen LogP contribution in [-0.4, -0.2) is 18.9 Å². The number of carbonyl (C=O) groups is 1. The molecule has 1 saturated heterocycles. The van der Waals surface area contributed by atoms with Crippen molar-refractivity contribution in [3.63, 3.8) is 0 Å². The molecule has 0 aromatic heterocycles. The zero-order chi connectivity index (χ0) is 12.9. The summed E-state index contributed by atoms with van der Waals surface area (Å²) in [5, 5.41) is 3.40. The smallest absolute Gasteiger partial charge is 0.137 e. The van der Waals surface area contributed by atoms with Gasteiger partial charge in [-0.2, -0.15) is 0 Å². The minimum absolute atomic E-state index is 0.391. The first-order valence-electron chi connectivity index (χ1n) is 7.60. The molecule has 0 amide bonds. The van der Waals surface area contributed by atoms with E-state index in [2.05, 4.69) is 29.6 Å². The minimum atomic E-state index is 0.391. The van der Waals surface area contributed by atoms with Gasteiger partial charge in [0, 0.05) is 12.3 Å². The van der Waals surface area contributed by atoms with Gasteiger partial charge in [-0.25, -0.2) is 0 Å². The van der Waals surface area contributed by atoms with Crippen LogP contribution in [0.5, 0.6) is 0 Å². The van der Waals surface area contributed by atoms with E-state index in [9.17, 15) is 4.79 Å². The van der Waals surface area contributed by atoms with E-state index in [1.807, 2.05) is 0 Å². The van der Waals surface area contributed by atoms with E-state index in [0.717, 1.165) is 25.9 Å². The lowest BCUT2D eigenvalue weighted by atomic mass is 9.74. The Hall–Kier alpha value is -1.15. The molecule has 0 bridgehead atoms. The summed E-state index contributed by atoms with van der Waals surface area (Å²) in [5.74, 6) is 1.45. The van der Waals surface area contributed by atoms with Crippen LogP contribution < -0.4 is 5.32 Å². The summed E-state index contributed by atoms with van der Waals surface area (Å²) in [6.07, 6.45) is 5.50. The number of hydrogen-bond donors (Lipinski definition) is 1. The lowest BCUT2D eigenvalue weighted by Crippen LogP contribution is -2.31. The van der Waals surface area contributed by atoms with E-state index in [-0.39, 0.29) is 0 Å². The molecule has 0 radical (unpaired) electrons. The molecule has 19 heavy (non-hydrogen) atoms. The molecule has 1 N–H and O–H groups in total. The summed E-state index contributed by atoms with van der Waals surface area (Å²) in [6.45, 7) is 2.21. The number of piperidine rings is 1. The Morgan fingerprint density at radius 2 is 2.05 bits per heavy atom. The van der Waals surface area contributed by atoms with Crippen LogP contribution in [0.15, 0.2) is 24.3 Å². The number of carbonyl (C=O) groups excluding carboxylic acids is 1. The second-order valence-corrected chi connectivity index (χ2v) is 6.64. The SMILES string of the molecule is O=C(CC1Cc2ccccc21)C1CC12CCNCC2. The Balaban J connectivity index is 1.39. The monoisotopic (exact) mass is 255 g/mol. The Bertz CT molecular complexity index is 516. The molecule has 1 heterocycles. The lowest BCUT2D eigenvalue weighted by molar-refractivity contribution is -0.121. The first-order chi connectivity index (χ1) is 9.28. The zero-order valence-corrected chi connectivity index (χ0v) is 11.3. The molecule has 2 unspecified atom stereocenters. The zero-order valence-electron chi connectivity index (χ0n) is 11.3. The molecular formula is C17H21NO. The predicted molar refractivity (Wildman–Crippen MR) is 75.2 cm³/mol. The number of rotatable bonds is 3. The van der Waals surface area contributed by atoms with Gasteiger partial charge >= 0.3 is 0 Å². The van der Waals surface area contributed by atoms with Crippen molar-refractivity contribution in [3.05, 3.63) is 35.4 Å². The summed E-state index contributed by atoms with van der Waals surface area (Å²) in [7, 11) is 0. The normalized spacial score (nSPS) is 30.5. The summed E-state index contributed by atoms with van der Waals surface area (Å²) in [4.78, 5) is 12.5. The van der Waals surface area contributed by atoms with E-state index in [4.69, 9.17) is 0 Å². The minimum Gasteiger partial charge on any atom is -0.317 e. The van der Waals surface area contributed by atoms with Gasteiger partial charge in [0.15, 0.2) is 0 Å². The topological polar surface area (TPSA) is 29.1 Å². The fourth-order valence-electron chi connectivity index (χ4n) is 4.21. The number of nitrogens with one attached hydrogen (secondary N) is 1. The van der Waals surface area contributed by atoms with Crippen molar-refractivity contribution < 1.29 is 4.79 Å². The fourth-order valence-corrected chi connectivity index (χ4v) is 4.21. The maximum absolute atomic E-state index is 12.5. The van der Waals surface area contributed by atoms with Crippen molar-refractivity contribution in [1.82, 2.24) is 5.32 Å². The molecule has 1 spiro atoms. The van der Waals surface area contributed by atoms with Gasteiger partial charge in [0.1, 0.15) is 5.78 Å². The van der Waals surface area contributed by atoms with Crippen molar-refractivity contribution in [2.45, 2.75) is 38.0 Å². The predicted octanol–water partition coefficient (Wildman–Crippen LogP) is 2.68. The summed E-state index contributed by atoms with van der Waals surface area (Å²) in [6, 6.07) is 8.59. The molecule has 1 aromatic carbocycles. The Labute approximate surface area is 114 Å². The fraction of sp³-hybridized carbons (Fsp3) is 0.588. The third-order valence-electron chi connectivity index (χ3n) is 5.59. The van der Waals surface area contributed by atoms with Gasteiger partial charge in [0.05, 0.1) is 0 Å². The summed E-state index contributed by atoms with van der Waals surface area (Å²) < 4.78 is 0. The maximum atomic E-state index is 12.5. The second kappa shape index (κ2) is 4.17. The van der Waals surface area contributed by atoms with Gasteiger partial charge < -0.3 is 5.32 Å². The van der Waals surface area contributed by atoms with E-state index in [1.165, 1.54) is 30.4 Å². The van der Waals surface area contributed by atoms with Crippen molar-refractivity contribution >= 4 is 5.78 Å². The molecule has 2 nitrogen and oxygen atoms in total. The molecule has 1 aromatic rings. The third-order valence-corrected chi connectivity index (χ3v) is 5.59. The molecule has 3 aliphatic rings.